The molecule has 0 saturated carbocycles. The lowest BCUT2D eigenvalue weighted by Gasteiger charge is -2.02. The highest BCUT2D eigenvalue weighted by Gasteiger charge is 2.07. The summed E-state index contributed by atoms with van der Waals surface area (Å²) in [4.78, 5) is 3.45. The summed E-state index contributed by atoms with van der Waals surface area (Å²) in [6.45, 7) is 0. The van der Waals surface area contributed by atoms with Crippen molar-refractivity contribution in [2.24, 2.45) is 0 Å². The predicted octanol–water partition coefficient (Wildman–Crippen LogP) is 5.00. The molecule has 0 spiro atoms. The first-order valence-electron chi connectivity index (χ1n) is 7.00. The smallest absolute Gasteiger partial charge is 0.120 e. The quantitative estimate of drug-likeness (QED) is 0.546. The average Bonchev–Trinajstić information content (AvgIpc) is 2.92. The first-order chi connectivity index (χ1) is 10.3. The lowest BCUT2D eigenvalue weighted by Crippen LogP contribution is -1.80. The van der Waals surface area contributed by atoms with Crippen LogP contribution in [0.2, 0.25) is 0 Å². The number of rotatable bonds is 2. The molecule has 4 rings (SSSR count). The van der Waals surface area contributed by atoms with E-state index < -0.39 is 0 Å². The molecule has 0 bridgehead atoms. The third-order valence-corrected chi connectivity index (χ3v) is 3.91. The standard InChI is InChI=1S/C19H15NO/c1-21-15-8-9-16-17-11-14(13-5-3-2-4-6-13)7-10-18(17)20-19(16)12-15/h2-12,20H,1H3. The van der Waals surface area contributed by atoms with Gasteiger partial charge >= 0.3 is 0 Å². The minimum Gasteiger partial charge on any atom is -0.497 e. The molecule has 102 valence electrons. The summed E-state index contributed by atoms with van der Waals surface area (Å²) in [5.41, 5.74) is 4.73. The zero-order valence-corrected chi connectivity index (χ0v) is 11.8. The Balaban J connectivity index is 1.96. The fourth-order valence-electron chi connectivity index (χ4n) is 2.82. The van der Waals surface area contributed by atoms with E-state index in [2.05, 4.69) is 53.5 Å². The second-order valence-electron chi connectivity index (χ2n) is 5.16. The molecular weight excluding hydrogens is 258 g/mol. The number of nitrogens with one attached hydrogen (secondary N) is 1. The molecule has 0 aliphatic rings. The number of H-pyrrole nitrogens is 1. The zero-order valence-electron chi connectivity index (χ0n) is 11.8. The average molecular weight is 273 g/mol. The molecule has 0 amide bonds. The molecule has 0 aliphatic heterocycles. The van der Waals surface area contributed by atoms with Crippen molar-refractivity contribution in [2.75, 3.05) is 7.11 Å². The minimum atomic E-state index is 0.873. The van der Waals surface area contributed by atoms with Gasteiger partial charge in [0.1, 0.15) is 5.75 Å². The maximum atomic E-state index is 5.29. The summed E-state index contributed by atoms with van der Waals surface area (Å²) >= 11 is 0. The van der Waals surface area contributed by atoms with Crippen LogP contribution in [-0.2, 0) is 0 Å². The Hall–Kier alpha value is -2.74. The van der Waals surface area contributed by atoms with Gasteiger partial charge in [-0.2, -0.15) is 0 Å². The van der Waals surface area contributed by atoms with Gasteiger partial charge in [-0.25, -0.2) is 0 Å². The van der Waals surface area contributed by atoms with Gasteiger partial charge in [0, 0.05) is 22.4 Å². The first kappa shape index (κ1) is 12.0. The summed E-state index contributed by atoms with van der Waals surface area (Å²) in [6, 6.07) is 23.2. The molecule has 3 aromatic carbocycles. The fourth-order valence-corrected chi connectivity index (χ4v) is 2.82. The Morgan fingerprint density at radius 3 is 2.38 bits per heavy atom. The van der Waals surface area contributed by atoms with Crippen LogP contribution in [0.25, 0.3) is 32.9 Å². The number of aromatic amines is 1. The summed E-state index contributed by atoms with van der Waals surface area (Å²) < 4.78 is 5.29. The molecular formula is C19H15NO. The molecule has 1 heterocycles. The third-order valence-electron chi connectivity index (χ3n) is 3.91. The Labute approximate surface area is 123 Å². The summed E-state index contributed by atoms with van der Waals surface area (Å²) in [5, 5.41) is 2.47. The van der Waals surface area contributed by atoms with E-state index in [-0.39, 0.29) is 0 Å². The van der Waals surface area contributed by atoms with E-state index in [0.717, 1.165) is 16.8 Å². The SMILES string of the molecule is COc1ccc2c(c1)[nH]c1ccc(-c3ccccc3)cc12. The van der Waals surface area contributed by atoms with Crippen LogP contribution in [0.5, 0.6) is 5.75 Å². The largest absolute Gasteiger partial charge is 0.497 e. The molecule has 0 atom stereocenters. The maximum absolute atomic E-state index is 5.29. The molecule has 1 N–H and O–H groups in total. The highest BCUT2D eigenvalue weighted by atomic mass is 16.5. The van der Waals surface area contributed by atoms with E-state index in [0.29, 0.717) is 0 Å². The highest BCUT2D eigenvalue weighted by Crippen LogP contribution is 2.31. The van der Waals surface area contributed by atoms with Crippen LogP contribution in [0.4, 0.5) is 0 Å². The summed E-state index contributed by atoms with van der Waals surface area (Å²) in [5.74, 6) is 0.873. The third kappa shape index (κ3) is 1.96. The molecule has 0 saturated heterocycles. The lowest BCUT2D eigenvalue weighted by atomic mass is 10.0. The van der Waals surface area contributed by atoms with Crippen molar-refractivity contribution in [2.45, 2.75) is 0 Å². The van der Waals surface area contributed by atoms with E-state index in [9.17, 15) is 0 Å². The molecule has 0 aliphatic carbocycles. The van der Waals surface area contributed by atoms with Crippen LogP contribution in [0.15, 0.2) is 66.7 Å². The molecule has 0 fully saturated rings. The fraction of sp³-hybridized carbons (Fsp3) is 0.0526. The summed E-state index contributed by atoms with van der Waals surface area (Å²) in [6.07, 6.45) is 0. The van der Waals surface area contributed by atoms with Gasteiger partial charge in [0.2, 0.25) is 0 Å². The Morgan fingerprint density at radius 2 is 1.57 bits per heavy atom. The van der Waals surface area contributed by atoms with Crippen LogP contribution in [0, 0.1) is 0 Å². The van der Waals surface area contributed by atoms with Crippen LogP contribution >= 0.6 is 0 Å². The van der Waals surface area contributed by atoms with Crippen LogP contribution in [0.1, 0.15) is 0 Å². The molecule has 2 heteroatoms. The van der Waals surface area contributed by atoms with Crippen LogP contribution in [0.3, 0.4) is 0 Å². The van der Waals surface area contributed by atoms with Crippen molar-refractivity contribution in [1.82, 2.24) is 4.98 Å². The van der Waals surface area contributed by atoms with Gasteiger partial charge in [0.15, 0.2) is 0 Å². The number of aromatic nitrogens is 1. The number of benzene rings is 3. The van der Waals surface area contributed by atoms with Crippen molar-refractivity contribution in [3.63, 3.8) is 0 Å². The highest BCUT2D eigenvalue weighted by molar-refractivity contribution is 6.08. The molecule has 0 radical (unpaired) electrons. The topological polar surface area (TPSA) is 25.0 Å². The molecule has 1 aromatic heterocycles. The van der Waals surface area contributed by atoms with Crippen molar-refractivity contribution < 1.29 is 4.74 Å². The van der Waals surface area contributed by atoms with Gasteiger partial charge in [-0.1, -0.05) is 36.4 Å². The van der Waals surface area contributed by atoms with Gasteiger partial charge in [-0.3, -0.25) is 0 Å². The second kappa shape index (κ2) is 4.67. The van der Waals surface area contributed by atoms with E-state index in [1.54, 1.807) is 7.11 Å². The van der Waals surface area contributed by atoms with Crippen molar-refractivity contribution in [3.8, 4) is 16.9 Å². The molecule has 2 nitrogen and oxygen atoms in total. The first-order valence-corrected chi connectivity index (χ1v) is 7.00. The van der Waals surface area contributed by atoms with Gasteiger partial charge in [-0.05, 0) is 35.4 Å². The van der Waals surface area contributed by atoms with Crippen LogP contribution < -0.4 is 4.74 Å². The number of hydrogen-bond acceptors (Lipinski definition) is 1. The van der Waals surface area contributed by atoms with Crippen LogP contribution in [-0.4, -0.2) is 12.1 Å². The Morgan fingerprint density at radius 1 is 0.714 bits per heavy atom. The molecule has 4 aromatic rings. The van der Waals surface area contributed by atoms with Gasteiger partial charge in [0.05, 0.1) is 12.6 Å². The van der Waals surface area contributed by atoms with Crippen molar-refractivity contribution >= 4 is 21.8 Å². The second-order valence-corrected chi connectivity index (χ2v) is 5.16. The van der Waals surface area contributed by atoms with E-state index in [1.165, 1.54) is 21.9 Å². The molecule has 0 unspecified atom stereocenters. The number of fused-ring (bicyclic) bond motifs is 3. The van der Waals surface area contributed by atoms with E-state index >= 15 is 0 Å². The molecule has 21 heavy (non-hydrogen) atoms. The van der Waals surface area contributed by atoms with Gasteiger partial charge < -0.3 is 9.72 Å². The van der Waals surface area contributed by atoms with E-state index in [4.69, 9.17) is 4.74 Å². The Kier molecular flexibility index (Phi) is 2.68. The number of hydrogen-bond donors (Lipinski definition) is 1. The van der Waals surface area contributed by atoms with Crippen molar-refractivity contribution in [3.05, 3.63) is 66.7 Å². The predicted molar refractivity (Wildman–Crippen MR) is 87.8 cm³/mol. The van der Waals surface area contributed by atoms with Gasteiger partial charge in [-0.15, -0.1) is 0 Å². The van der Waals surface area contributed by atoms with E-state index in [1.807, 2.05) is 18.2 Å². The summed E-state index contributed by atoms with van der Waals surface area (Å²) in [7, 11) is 1.69. The Bertz CT molecular complexity index is 922. The monoisotopic (exact) mass is 273 g/mol. The van der Waals surface area contributed by atoms with Gasteiger partial charge in [0.25, 0.3) is 0 Å². The van der Waals surface area contributed by atoms with Crippen molar-refractivity contribution in [1.29, 1.82) is 0 Å². The normalized spacial score (nSPS) is 11.1. The lowest BCUT2D eigenvalue weighted by molar-refractivity contribution is 0.415. The minimum absolute atomic E-state index is 0.873. The number of methoxy groups -OCH3 is 1. The maximum Gasteiger partial charge on any atom is 0.120 e. The zero-order chi connectivity index (χ0) is 14.2. The number of ether oxygens (including phenoxy) is 1.